The highest BCUT2D eigenvalue weighted by Crippen LogP contribution is 2.25. The molecule has 0 aliphatic heterocycles. The number of nitrogen functional groups attached to an aromatic ring is 1. The Balaban J connectivity index is 2.16. The van der Waals surface area contributed by atoms with Gasteiger partial charge in [0.25, 0.3) is 0 Å². The average molecular weight is 349 g/mol. The molecule has 0 fully saturated rings. The SMILES string of the molecule is CC(=O)Nc1cccc(C(C)Nc2ncc(Br)cc2N)c1. The Labute approximate surface area is 132 Å². The van der Waals surface area contributed by atoms with Gasteiger partial charge in [-0.15, -0.1) is 0 Å². The summed E-state index contributed by atoms with van der Waals surface area (Å²) in [5.41, 5.74) is 8.31. The fourth-order valence-corrected chi connectivity index (χ4v) is 2.30. The van der Waals surface area contributed by atoms with Crippen LogP contribution in [0, 0.1) is 0 Å². The molecular formula is C15H17BrN4O. The van der Waals surface area contributed by atoms with Gasteiger partial charge in [-0.3, -0.25) is 4.79 Å². The van der Waals surface area contributed by atoms with E-state index >= 15 is 0 Å². The van der Waals surface area contributed by atoms with Crippen molar-refractivity contribution < 1.29 is 4.79 Å². The molecule has 1 aromatic heterocycles. The average Bonchev–Trinajstić information content (AvgIpc) is 2.41. The third kappa shape index (κ3) is 4.19. The lowest BCUT2D eigenvalue weighted by Gasteiger charge is -2.17. The molecule has 6 heteroatoms. The van der Waals surface area contributed by atoms with E-state index in [1.807, 2.05) is 31.2 Å². The fraction of sp³-hybridized carbons (Fsp3) is 0.200. The van der Waals surface area contributed by atoms with Crippen molar-refractivity contribution in [1.29, 1.82) is 0 Å². The predicted octanol–water partition coefficient (Wildman–Crippen LogP) is 3.56. The van der Waals surface area contributed by atoms with Gasteiger partial charge < -0.3 is 16.4 Å². The maximum atomic E-state index is 11.1. The molecule has 21 heavy (non-hydrogen) atoms. The Hall–Kier alpha value is -2.08. The lowest BCUT2D eigenvalue weighted by atomic mass is 10.1. The highest BCUT2D eigenvalue weighted by atomic mass is 79.9. The minimum absolute atomic E-state index is 0.00897. The number of carbonyl (C=O) groups excluding carboxylic acids is 1. The zero-order valence-corrected chi connectivity index (χ0v) is 13.4. The summed E-state index contributed by atoms with van der Waals surface area (Å²) in [5.74, 6) is 0.544. The summed E-state index contributed by atoms with van der Waals surface area (Å²) in [6, 6.07) is 9.47. The van der Waals surface area contributed by atoms with Gasteiger partial charge >= 0.3 is 0 Å². The maximum absolute atomic E-state index is 11.1. The van der Waals surface area contributed by atoms with Crippen molar-refractivity contribution in [2.75, 3.05) is 16.4 Å². The topological polar surface area (TPSA) is 80.0 Å². The van der Waals surface area contributed by atoms with E-state index in [1.54, 1.807) is 12.3 Å². The Morgan fingerprint density at radius 1 is 1.38 bits per heavy atom. The summed E-state index contributed by atoms with van der Waals surface area (Å²) in [6.45, 7) is 3.50. The molecule has 1 amide bonds. The Morgan fingerprint density at radius 3 is 2.81 bits per heavy atom. The number of nitrogens with one attached hydrogen (secondary N) is 2. The molecule has 1 atom stereocenters. The van der Waals surface area contributed by atoms with Crippen LogP contribution < -0.4 is 16.4 Å². The predicted molar refractivity (Wildman–Crippen MR) is 89.1 cm³/mol. The maximum Gasteiger partial charge on any atom is 0.221 e. The van der Waals surface area contributed by atoms with Crippen LogP contribution in [0.25, 0.3) is 0 Å². The molecular weight excluding hydrogens is 332 g/mol. The van der Waals surface area contributed by atoms with Crippen LogP contribution in [0.2, 0.25) is 0 Å². The van der Waals surface area contributed by atoms with E-state index in [9.17, 15) is 4.79 Å². The summed E-state index contributed by atoms with van der Waals surface area (Å²) in [7, 11) is 0. The van der Waals surface area contributed by atoms with Crippen molar-refractivity contribution in [2.45, 2.75) is 19.9 Å². The zero-order chi connectivity index (χ0) is 15.4. The number of hydrogen-bond donors (Lipinski definition) is 3. The van der Waals surface area contributed by atoms with Gasteiger partial charge in [0.05, 0.1) is 11.7 Å². The fourth-order valence-electron chi connectivity index (χ4n) is 1.95. The largest absolute Gasteiger partial charge is 0.396 e. The van der Waals surface area contributed by atoms with Crippen molar-refractivity contribution in [1.82, 2.24) is 4.98 Å². The monoisotopic (exact) mass is 348 g/mol. The summed E-state index contributed by atoms with van der Waals surface area (Å²) in [4.78, 5) is 15.4. The molecule has 1 unspecified atom stereocenters. The zero-order valence-electron chi connectivity index (χ0n) is 11.9. The van der Waals surface area contributed by atoms with Crippen LogP contribution in [0.1, 0.15) is 25.5 Å². The lowest BCUT2D eigenvalue weighted by molar-refractivity contribution is -0.114. The van der Waals surface area contributed by atoms with Gasteiger partial charge in [-0.05, 0) is 46.6 Å². The third-order valence-electron chi connectivity index (χ3n) is 2.94. The van der Waals surface area contributed by atoms with E-state index in [0.29, 0.717) is 11.5 Å². The number of nitrogens with zero attached hydrogens (tertiary/aromatic N) is 1. The van der Waals surface area contributed by atoms with E-state index < -0.39 is 0 Å². The number of amides is 1. The minimum atomic E-state index is -0.0911. The Morgan fingerprint density at radius 2 is 2.14 bits per heavy atom. The van der Waals surface area contributed by atoms with Crippen LogP contribution in [0.4, 0.5) is 17.2 Å². The molecule has 2 rings (SSSR count). The number of benzene rings is 1. The molecule has 5 nitrogen and oxygen atoms in total. The number of hydrogen-bond acceptors (Lipinski definition) is 4. The van der Waals surface area contributed by atoms with Crippen LogP contribution >= 0.6 is 15.9 Å². The van der Waals surface area contributed by atoms with Crippen LogP contribution in [-0.4, -0.2) is 10.9 Å². The summed E-state index contributed by atoms with van der Waals surface area (Å²) in [5, 5.41) is 6.03. The van der Waals surface area contributed by atoms with Crippen molar-refractivity contribution in [3.05, 3.63) is 46.6 Å². The molecule has 0 saturated heterocycles. The molecule has 110 valence electrons. The number of rotatable bonds is 4. The number of anilines is 3. The molecule has 0 radical (unpaired) electrons. The molecule has 2 aromatic rings. The summed E-state index contributed by atoms with van der Waals surface area (Å²) in [6.07, 6.45) is 1.69. The number of halogens is 1. The van der Waals surface area contributed by atoms with E-state index in [-0.39, 0.29) is 11.9 Å². The second-order valence-corrected chi connectivity index (χ2v) is 5.68. The van der Waals surface area contributed by atoms with Gasteiger partial charge in [-0.25, -0.2) is 4.98 Å². The number of nitrogens with two attached hydrogens (primary N) is 1. The van der Waals surface area contributed by atoms with Gasteiger partial charge in [0.1, 0.15) is 5.82 Å². The van der Waals surface area contributed by atoms with E-state index in [1.165, 1.54) is 6.92 Å². The van der Waals surface area contributed by atoms with Gasteiger partial charge in [0.15, 0.2) is 0 Å². The normalized spacial score (nSPS) is 11.8. The summed E-state index contributed by atoms with van der Waals surface area (Å²) < 4.78 is 0.839. The highest BCUT2D eigenvalue weighted by molar-refractivity contribution is 9.10. The molecule has 0 spiro atoms. The first-order valence-corrected chi connectivity index (χ1v) is 7.30. The first kappa shape index (κ1) is 15.3. The van der Waals surface area contributed by atoms with Crippen molar-refractivity contribution in [2.24, 2.45) is 0 Å². The van der Waals surface area contributed by atoms with Gasteiger partial charge in [0, 0.05) is 23.3 Å². The van der Waals surface area contributed by atoms with E-state index in [4.69, 9.17) is 5.73 Å². The first-order chi connectivity index (χ1) is 9.95. The quantitative estimate of drug-likeness (QED) is 0.789. The number of carbonyl (C=O) groups is 1. The standard InChI is InChI=1S/C15H17BrN4O/c1-9(19-15-14(17)7-12(16)8-18-15)11-4-3-5-13(6-11)20-10(2)21/h3-9H,17H2,1-2H3,(H,18,19)(H,20,21). The van der Waals surface area contributed by atoms with E-state index in [0.717, 1.165) is 15.7 Å². The van der Waals surface area contributed by atoms with Gasteiger partial charge in [0.2, 0.25) is 5.91 Å². The molecule has 0 aliphatic carbocycles. The molecule has 1 aromatic carbocycles. The van der Waals surface area contributed by atoms with Gasteiger partial charge in [-0.1, -0.05) is 12.1 Å². The Bertz CT molecular complexity index is 660. The van der Waals surface area contributed by atoms with Crippen LogP contribution in [-0.2, 0) is 4.79 Å². The third-order valence-corrected chi connectivity index (χ3v) is 3.38. The van der Waals surface area contributed by atoms with Gasteiger partial charge in [-0.2, -0.15) is 0 Å². The van der Waals surface area contributed by atoms with Crippen LogP contribution in [0.3, 0.4) is 0 Å². The molecule has 4 N–H and O–H groups in total. The first-order valence-electron chi connectivity index (χ1n) is 6.51. The molecule has 0 bridgehead atoms. The Kier molecular flexibility index (Phi) is 4.80. The molecule has 0 saturated carbocycles. The minimum Gasteiger partial charge on any atom is -0.396 e. The lowest BCUT2D eigenvalue weighted by Crippen LogP contribution is -2.11. The second-order valence-electron chi connectivity index (χ2n) is 4.76. The van der Waals surface area contributed by atoms with Crippen molar-refractivity contribution in [3.8, 4) is 0 Å². The van der Waals surface area contributed by atoms with Crippen LogP contribution in [0.15, 0.2) is 41.0 Å². The van der Waals surface area contributed by atoms with Crippen molar-refractivity contribution in [3.63, 3.8) is 0 Å². The number of pyridine rings is 1. The smallest absolute Gasteiger partial charge is 0.221 e. The van der Waals surface area contributed by atoms with Crippen LogP contribution in [0.5, 0.6) is 0 Å². The van der Waals surface area contributed by atoms with Crippen molar-refractivity contribution >= 4 is 39.0 Å². The number of aromatic nitrogens is 1. The second kappa shape index (κ2) is 6.58. The molecule has 0 aliphatic rings. The highest BCUT2D eigenvalue weighted by Gasteiger charge is 2.09. The summed E-state index contributed by atoms with van der Waals surface area (Å²) >= 11 is 3.33. The van der Waals surface area contributed by atoms with E-state index in [2.05, 4.69) is 31.5 Å². The molecule has 1 heterocycles.